The molecule has 3 rings (SSSR count). The summed E-state index contributed by atoms with van der Waals surface area (Å²) < 4.78 is 2.03. The van der Waals surface area contributed by atoms with Crippen LogP contribution in [0.3, 0.4) is 0 Å². The monoisotopic (exact) mass is 314 g/mol. The number of hydrogen-bond acceptors (Lipinski definition) is 3. The second-order valence-electron chi connectivity index (χ2n) is 5.48. The van der Waals surface area contributed by atoms with Gasteiger partial charge < -0.3 is 5.32 Å². The number of benzene rings is 1. The van der Waals surface area contributed by atoms with E-state index < -0.39 is 0 Å². The fourth-order valence-corrected chi connectivity index (χ4v) is 2.66. The van der Waals surface area contributed by atoms with Crippen LogP contribution in [0.2, 0.25) is 5.02 Å². The lowest BCUT2D eigenvalue weighted by Gasteiger charge is -2.13. The van der Waals surface area contributed by atoms with E-state index in [0.717, 1.165) is 35.9 Å². The molecule has 0 aliphatic carbocycles. The van der Waals surface area contributed by atoms with Crippen molar-refractivity contribution in [3.8, 4) is 0 Å². The molecule has 0 aliphatic heterocycles. The molecular weight excluding hydrogens is 296 g/mol. The molecule has 22 heavy (non-hydrogen) atoms. The van der Waals surface area contributed by atoms with Crippen molar-refractivity contribution >= 4 is 17.2 Å². The molecule has 0 fully saturated rings. The van der Waals surface area contributed by atoms with E-state index in [-0.39, 0.29) is 0 Å². The second-order valence-corrected chi connectivity index (χ2v) is 5.92. The average Bonchev–Trinajstić information content (AvgIpc) is 2.93. The molecule has 0 amide bonds. The summed E-state index contributed by atoms with van der Waals surface area (Å²) >= 11 is 5.91. The summed E-state index contributed by atoms with van der Waals surface area (Å²) in [5, 5.41) is 12.7. The van der Waals surface area contributed by atoms with E-state index in [2.05, 4.69) is 34.6 Å². The first-order valence-electron chi connectivity index (χ1n) is 7.49. The minimum atomic E-state index is 0.403. The van der Waals surface area contributed by atoms with Crippen molar-refractivity contribution < 1.29 is 0 Å². The van der Waals surface area contributed by atoms with Gasteiger partial charge in [-0.05, 0) is 43.2 Å². The zero-order valence-electron chi connectivity index (χ0n) is 12.5. The minimum absolute atomic E-state index is 0.403. The van der Waals surface area contributed by atoms with Gasteiger partial charge in [-0.15, -0.1) is 10.2 Å². The Kier molecular flexibility index (Phi) is 4.71. The van der Waals surface area contributed by atoms with Crippen LogP contribution in [0.4, 0.5) is 0 Å². The molecule has 1 N–H and O–H groups in total. The highest BCUT2D eigenvalue weighted by Gasteiger charge is 2.06. The number of pyridine rings is 1. The Morgan fingerprint density at radius 1 is 1.14 bits per heavy atom. The van der Waals surface area contributed by atoms with E-state index in [0.29, 0.717) is 6.04 Å². The van der Waals surface area contributed by atoms with Crippen LogP contribution in [0, 0.1) is 0 Å². The zero-order chi connectivity index (χ0) is 15.4. The number of nitrogens with zero attached hydrogens (tertiary/aromatic N) is 3. The predicted molar refractivity (Wildman–Crippen MR) is 89.3 cm³/mol. The van der Waals surface area contributed by atoms with E-state index in [1.807, 2.05) is 40.9 Å². The van der Waals surface area contributed by atoms with Crippen molar-refractivity contribution in [2.75, 3.05) is 6.54 Å². The first-order valence-corrected chi connectivity index (χ1v) is 7.86. The number of aromatic nitrogens is 3. The fourth-order valence-electron chi connectivity index (χ4n) is 2.54. The Morgan fingerprint density at radius 3 is 2.77 bits per heavy atom. The maximum atomic E-state index is 5.91. The highest BCUT2D eigenvalue weighted by Crippen LogP contribution is 2.11. The Bertz CT molecular complexity index is 736. The van der Waals surface area contributed by atoms with Gasteiger partial charge in [0.05, 0.1) is 0 Å². The lowest BCUT2D eigenvalue weighted by molar-refractivity contribution is 0.542. The van der Waals surface area contributed by atoms with Gasteiger partial charge in [-0.25, -0.2) is 0 Å². The van der Waals surface area contributed by atoms with Crippen molar-refractivity contribution in [2.24, 2.45) is 0 Å². The lowest BCUT2D eigenvalue weighted by atomic mass is 10.1. The molecule has 0 saturated carbocycles. The van der Waals surface area contributed by atoms with Gasteiger partial charge in [-0.2, -0.15) is 0 Å². The van der Waals surface area contributed by atoms with Crippen LogP contribution in [0.15, 0.2) is 48.7 Å². The van der Waals surface area contributed by atoms with Gasteiger partial charge in [0, 0.05) is 30.2 Å². The van der Waals surface area contributed by atoms with Crippen LogP contribution in [-0.2, 0) is 12.8 Å². The van der Waals surface area contributed by atoms with Crippen molar-refractivity contribution in [1.82, 2.24) is 19.9 Å². The molecule has 0 spiro atoms. The van der Waals surface area contributed by atoms with Crippen LogP contribution in [-0.4, -0.2) is 27.2 Å². The van der Waals surface area contributed by atoms with Crippen LogP contribution in [0.1, 0.15) is 18.3 Å². The Hall–Kier alpha value is -1.91. The Balaban J connectivity index is 1.51. The molecule has 2 heterocycles. The molecular formula is C17H19ClN4. The van der Waals surface area contributed by atoms with Gasteiger partial charge in [0.15, 0.2) is 5.65 Å². The zero-order valence-corrected chi connectivity index (χ0v) is 13.3. The SMILES string of the molecule is CC(Cc1ccc(Cl)cc1)NCCc1nnc2ccccn12. The summed E-state index contributed by atoms with van der Waals surface area (Å²) in [4.78, 5) is 0. The number of rotatable bonds is 6. The summed E-state index contributed by atoms with van der Waals surface area (Å²) in [5.74, 6) is 0.988. The van der Waals surface area contributed by atoms with Gasteiger partial charge >= 0.3 is 0 Å². The number of halogens is 1. The largest absolute Gasteiger partial charge is 0.313 e. The summed E-state index contributed by atoms with van der Waals surface area (Å²) in [7, 11) is 0. The Labute approximate surface area is 135 Å². The molecule has 5 heteroatoms. The molecule has 3 aromatic rings. The lowest BCUT2D eigenvalue weighted by Crippen LogP contribution is -2.30. The molecule has 2 aromatic heterocycles. The molecule has 0 radical (unpaired) electrons. The van der Waals surface area contributed by atoms with Gasteiger partial charge in [0.2, 0.25) is 0 Å². The molecule has 1 aromatic carbocycles. The van der Waals surface area contributed by atoms with Crippen molar-refractivity contribution in [3.05, 3.63) is 65.1 Å². The molecule has 1 atom stereocenters. The van der Waals surface area contributed by atoms with Crippen molar-refractivity contribution in [1.29, 1.82) is 0 Å². The van der Waals surface area contributed by atoms with E-state index in [9.17, 15) is 0 Å². The minimum Gasteiger partial charge on any atom is -0.313 e. The molecule has 0 bridgehead atoms. The number of hydrogen-bond donors (Lipinski definition) is 1. The third kappa shape index (κ3) is 3.64. The highest BCUT2D eigenvalue weighted by molar-refractivity contribution is 6.30. The van der Waals surface area contributed by atoms with Crippen LogP contribution in [0.25, 0.3) is 5.65 Å². The van der Waals surface area contributed by atoms with Crippen LogP contribution in [0.5, 0.6) is 0 Å². The van der Waals surface area contributed by atoms with E-state index in [1.165, 1.54) is 5.56 Å². The van der Waals surface area contributed by atoms with Crippen LogP contribution >= 0.6 is 11.6 Å². The summed E-state index contributed by atoms with van der Waals surface area (Å²) in [6.45, 7) is 3.07. The van der Waals surface area contributed by atoms with Crippen molar-refractivity contribution in [2.45, 2.75) is 25.8 Å². The van der Waals surface area contributed by atoms with E-state index in [4.69, 9.17) is 11.6 Å². The summed E-state index contributed by atoms with van der Waals surface area (Å²) in [6, 6.07) is 14.4. The molecule has 0 saturated heterocycles. The van der Waals surface area contributed by atoms with Crippen LogP contribution < -0.4 is 5.32 Å². The van der Waals surface area contributed by atoms with Crippen molar-refractivity contribution in [3.63, 3.8) is 0 Å². The quantitative estimate of drug-likeness (QED) is 0.760. The average molecular weight is 315 g/mol. The molecule has 4 nitrogen and oxygen atoms in total. The van der Waals surface area contributed by atoms with Gasteiger partial charge in [0.1, 0.15) is 5.82 Å². The Morgan fingerprint density at radius 2 is 1.95 bits per heavy atom. The smallest absolute Gasteiger partial charge is 0.160 e. The normalized spacial score (nSPS) is 12.6. The molecule has 1 unspecified atom stereocenters. The third-order valence-electron chi connectivity index (χ3n) is 3.68. The van der Waals surface area contributed by atoms with Gasteiger partial charge in [0.25, 0.3) is 0 Å². The molecule has 114 valence electrons. The third-order valence-corrected chi connectivity index (χ3v) is 3.93. The number of fused-ring (bicyclic) bond motifs is 1. The first kappa shape index (κ1) is 15.0. The topological polar surface area (TPSA) is 42.2 Å². The fraction of sp³-hybridized carbons (Fsp3) is 0.294. The summed E-state index contributed by atoms with van der Waals surface area (Å²) in [6.07, 6.45) is 3.84. The maximum Gasteiger partial charge on any atom is 0.160 e. The highest BCUT2D eigenvalue weighted by atomic mass is 35.5. The maximum absolute atomic E-state index is 5.91. The first-order chi connectivity index (χ1) is 10.7. The predicted octanol–water partition coefficient (Wildman–Crippen LogP) is 3.15. The second kappa shape index (κ2) is 6.90. The standard InChI is InChI=1S/C17H19ClN4/c1-13(12-14-5-7-15(18)8-6-14)19-10-9-17-21-20-16-4-2-3-11-22(16)17/h2-8,11,13,19H,9-10,12H2,1H3. The number of nitrogens with one attached hydrogen (secondary N) is 1. The summed E-state index contributed by atoms with van der Waals surface area (Å²) in [5.41, 5.74) is 2.18. The van der Waals surface area contributed by atoms with E-state index in [1.54, 1.807) is 0 Å². The molecule has 0 aliphatic rings. The van der Waals surface area contributed by atoms with Gasteiger partial charge in [-0.3, -0.25) is 4.40 Å². The van der Waals surface area contributed by atoms with Gasteiger partial charge in [-0.1, -0.05) is 29.8 Å². The van der Waals surface area contributed by atoms with E-state index >= 15 is 0 Å².